The van der Waals surface area contributed by atoms with Gasteiger partial charge in [0.15, 0.2) is 5.82 Å². The van der Waals surface area contributed by atoms with Gasteiger partial charge in [0, 0.05) is 23.7 Å². The third-order valence-corrected chi connectivity index (χ3v) is 3.52. The van der Waals surface area contributed by atoms with Gasteiger partial charge in [-0.3, -0.25) is 0 Å². The van der Waals surface area contributed by atoms with Crippen LogP contribution in [0, 0.1) is 11.6 Å². The van der Waals surface area contributed by atoms with Gasteiger partial charge in [-0.15, -0.1) is 0 Å². The molecule has 0 aliphatic carbocycles. The predicted molar refractivity (Wildman–Crippen MR) is 73.6 cm³/mol. The molecule has 104 valence electrons. The van der Waals surface area contributed by atoms with Gasteiger partial charge in [-0.05, 0) is 26.0 Å². The number of halogens is 2. The third kappa shape index (κ3) is 2.07. The van der Waals surface area contributed by atoms with Gasteiger partial charge in [0.1, 0.15) is 29.3 Å². The number of fused-ring (bicyclic) bond motifs is 1. The summed E-state index contributed by atoms with van der Waals surface area (Å²) in [5.41, 5.74) is 1.32. The molecule has 1 aromatic heterocycles. The molecule has 2 unspecified atom stereocenters. The minimum Gasteiger partial charge on any atom is -0.376 e. The van der Waals surface area contributed by atoms with Crippen molar-refractivity contribution in [2.75, 3.05) is 10.6 Å². The van der Waals surface area contributed by atoms with E-state index in [1.807, 2.05) is 13.8 Å². The first-order chi connectivity index (χ1) is 9.56. The van der Waals surface area contributed by atoms with E-state index in [9.17, 15) is 8.78 Å². The van der Waals surface area contributed by atoms with E-state index in [1.54, 1.807) is 0 Å². The lowest BCUT2D eigenvalue weighted by molar-refractivity contribution is 0.585. The zero-order valence-corrected chi connectivity index (χ0v) is 11.1. The summed E-state index contributed by atoms with van der Waals surface area (Å²) in [7, 11) is 0. The summed E-state index contributed by atoms with van der Waals surface area (Å²) in [4.78, 5) is 8.29. The summed E-state index contributed by atoms with van der Waals surface area (Å²) in [5.74, 6) is -0.620. The molecule has 6 heteroatoms. The minimum absolute atomic E-state index is 0.149. The maximum absolute atomic E-state index is 13.9. The van der Waals surface area contributed by atoms with Gasteiger partial charge in [-0.2, -0.15) is 0 Å². The fourth-order valence-electron chi connectivity index (χ4n) is 2.21. The highest BCUT2D eigenvalue weighted by Gasteiger charge is 2.25. The average Bonchev–Trinajstić information content (AvgIpc) is 2.40. The zero-order chi connectivity index (χ0) is 14.3. The van der Waals surface area contributed by atoms with E-state index in [0.29, 0.717) is 17.2 Å². The van der Waals surface area contributed by atoms with Gasteiger partial charge in [-0.1, -0.05) is 0 Å². The Labute approximate surface area is 115 Å². The summed E-state index contributed by atoms with van der Waals surface area (Å²) in [6.07, 6.45) is 1.37. The fourth-order valence-corrected chi connectivity index (χ4v) is 2.21. The van der Waals surface area contributed by atoms with Crippen molar-refractivity contribution in [1.82, 2.24) is 9.97 Å². The second-order valence-electron chi connectivity index (χ2n) is 4.94. The number of hydrogen-bond donors (Lipinski definition) is 2. The van der Waals surface area contributed by atoms with Crippen LogP contribution in [0.1, 0.15) is 13.8 Å². The van der Waals surface area contributed by atoms with Crippen molar-refractivity contribution in [2.45, 2.75) is 25.9 Å². The molecule has 20 heavy (non-hydrogen) atoms. The van der Waals surface area contributed by atoms with Crippen LogP contribution in [0.4, 0.5) is 20.3 Å². The molecule has 2 heterocycles. The third-order valence-electron chi connectivity index (χ3n) is 3.52. The van der Waals surface area contributed by atoms with Crippen molar-refractivity contribution in [2.24, 2.45) is 0 Å². The molecule has 3 rings (SSSR count). The topological polar surface area (TPSA) is 49.8 Å². The summed E-state index contributed by atoms with van der Waals surface area (Å²) in [5, 5.41) is 6.51. The van der Waals surface area contributed by atoms with Gasteiger partial charge in [0.05, 0.1) is 0 Å². The van der Waals surface area contributed by atoms with E-state index in [0.717, 1.165) is 6.07 Å². The van der Waals surface area contributed by atoms with Gasteiger partial charge >= 0.3 is 0 Å². The van der Waals surface area contributed by atoms with Gasteiger partial charge in [0.2, 0.25) is 0 Å². The molecule has 1 aliphatic heterocycles. The van der Waals surface area contributed by atoms with Crippen LogP contribution >= 0.6 is 0 Å². The van der Waals surface area contributed by atoms with Gasteiger partial charge in [-0.25, -0.2) is 18.7 Å². The summed E-state index contributed by atoms with van der Waals surface area (Å²) < 4.78 is 26.9. The molecule has 0 saturated heterocycles. The smallest absolute Gasteiger partial charge is 0.153 e. The van der Waals surface area contributed by atoms with Crippen LogP contribution in [0.2, 0.25) is 0 Å². The summed E-state index contributed by atoms with van der Waals surface area (Å²) >= 11 is 0. The van der Waals surface area contributed by atoms with Crippen molar-refractivity contribution < 1.29 is 8.78 Å². The molecule has 2 N–H and O–H groups in total. The molecule has 1 aliphatic rings. The number of benzene rings is 1. The molecule has 0 amide bonds. The Morgan fingerprint density at radius 3 is 2.55 bits per heavy atom. The van der Waals surface area contributed by atoms with E-state index in [1.165, 1.54) is 18.5 Å². The number of rotatable bonds is 1. The Bertz CT molecular complexity index is 660. The van der Waals surface area contributed by atoms with E-state index in [2.05, 4.69) is 20.6 Å². The lowest BCUT2D eigenvalue weighted by atomic mass is 10.0. The van der Waals surface area contributed by atoms with Crippen LogP contribution in [0.3, 0.4) is 0 Å². The van der Waals surface area contributed by atoms with E-state index in [-0.39, 0.29) is 17.6 Å². The largest absolute Gasteiger partial charge is 0.376 e. The molecule has 0 radical (unpaired) electrons. The number of aromatic nitrogens is 2. The molecule has 2 aromatic rings. The highest BCUT2D eigenvalue weighted by molar-refractivity contribution is 5.84. The van der Waals surface area contributed by atoms with Crippen molar-refractivity contribution in [1.29, 1.82) is 0 Å². The number of hydrogen-bond acceptors (Lipinski definition) is 4. The molecule has 1 aromatic carbocycles. The van der Waals surface area contributed by atoms with E-state index in [4.69, 9.17) is 0 Å². The van der Waals surface area contributed by atoms with Crippen molar-refractivity contribution in [3.05, 3.63) is 36.2 Å². The average molecular weight is 276 g/mol. The maximum atomic E-state index is 13.9. The monoisotopic (exact) mass is 276 g/mol. The highest BCUT2D eigenvalue weighted by atomic mass is 19.1. The zero-order valence-electron chi connectivity index (χ0n) is 11.1. The summed E-state index contributed by atoms with van der Waals surface area (Å²) in [6, 6.07) is 3.80. The maximum Gasteiger partial charge on any atom is 0.153 e. The lowest BCUT2D eigenvalue weighted by Crippen LogP contribution is -2.39. The highest BCUT2D eigenvalue weighted by Crippen LogP contribution is 2.35. The Hall–Kier alpha value is -2.24. The molecular formula is C14H14F2N4. The number of anilines is 2. The van der Waals surface area contributed by atoms with Crippen LogP contribution in [0.25, 0.3) is 11.3 Å². The number of nitrogens with one attached hydrogen (secondary N) is 2. The molecular weight excluding hydrogens is 262 g/mol. The van der Waals surface area contributed by atoms with Crippen molar-refractivity contribution in [3.63, 3.8) is 0 Å². The standard InChI is InChI=1S/C14H14F2N4/c1-7-8(2)20-14-13(19-7)12(17-6-18-14)10-4-3-9(15)5-11(10)16/h3-8,19H,1-2H3,(H,17,18,20). The van der Waals surface area contributed by atoms with Gasteiger partial charge < -0.3 is 10.6 Å². The Morgan fingerprint density at radius 2 is 1.80 bits per heavy atom. The van der Waals surface area contributed by atoms with E-state index >= 15 is 0 Å². The van der Waals surface area contributed by atoms with E-state index < -0.39 is 11.6 Å². The molecule has 4 nitrogen and oxygen atoms in total. The summed E-state index contributed by atoms with van der Waals surface area (Å²) in [6.45, 7) is 4.04. The van der Waals surface area contributed by atoms with Crippen molar-refractivity contribution >= 4 is 11.5 Å². The Morgan fingerprint density at radius 1 is 1.05 bits per heavy atom. The molecule has 0 bridgehead atoms. The molecule has 0 spiro atoms. The first-order valence-corrected chi connectivity index (χ1v) is 6.39. The van der Waals surface area contributed by atoms with Crippen molar-refractivity contribution in [3.8, 4) is 11.3 Å². The minimum atomic E-state index is -0.640. The fraction of sp³-hybridized carbons (Fsp3) is 0.286. The molecule has 2 atom stereocenters. The first kappa shape index (κ1) is 12.8. The SMILES string of the molecule is CC1Nc2ncnc(-c3ccc(F)cc3F)c2NC1C. The van der Waals surface area contributed by atoms with Crippen LogP contribution in [-0.2, 0) is 0 Å². The molecule has 0 fully saturated rings. The quantitative estimate of drug-likeness (QED) is 0.840. The second-order valence-corrected chi connectivity index (χ2v) is 4.94. The Kier molecular flexibility index (Phi) is 3.00. The van der Waals surface area contributed by atoms with Crippen LogP contribution in [0.15, 0.2) is 24.5 Å². The normalized spacial score (nSPS) is 20.8. The second kappa shape index (κ2) is 4.70. The lowest BCUT2D eigenvalue weighted by Gasteiger charge is -2.31. The first-order valence-electron chi connectivity index (χ1n) is 6.39. The van der Waals surface area contributed by atoms with Gasteiger partial charge in [0.25, 0.3) is 0 Å². The van der Waals surface area contributed by atoms with Crippen LogP contribution < -0.4 is 10.6 Å². The number of nitrogens with zero attached hydrogens (tertiary/aromatic N) is 2. The molecule has 0 saturated carbocycles. The van der Waals surface area contributed by atoms with Crippen LogP contribution in [-0.4, -0.2) is 22.1 Å². The predicted octanol–water partition coefficient (Wildman–Crippen LogP) is 3.04. The van der Waals surface area contributed by atoms with Crippen LogP contribution in [0.5, 0.6) is 0 Å². The Balaban J connectivity index is 2.14.